The molecule has 0 unspecified atom stereocenters. The first-order valence-electron chi connectivity index (χ1n) is 9.59. The Morgan fingerprint density at radius 1 is 1.42 bits per heavy atom. The van der Waals surface area contributed by atoms with Crippen LogP contribution >= 0.6 is 0 Å². The van der Waals surface area contributed by atoms with E-state index < -0.39 is 60.1 Å². The summed E-state index contributed by atoms with van der Waals surface area (Å²) in [6.45, 7) is -7.07. The Labute approximate surface area is 124 Å². The summed E-state index contributed by atoms with van der Waals surface area (Å²) in [6, 6.07) is 0.574. The van der Waals surface area contributed by atoms with Crippen LogP contribution in [0.5, 0.6) is 0 Å². The van der Waals surface area contributed by atoms with Crippen LogP contribution in [-0.2, 0) is 10.4 Å². The van der Waals surface area contributed by atoms with Gasteiger partial charge in [-0.1, -0.05) is 4.98 Å². The maximum absolute atomic E-state index is 10.8. The molecule has 1 fully saturated rings. The molecule has 0 bridgehead atoms. The van der Waals surface area contributed by atoms with Gasteiger partial charge in [0.2, 0.25) is 5.82 Å². The Bertz CT molecular complexity index is 902. The zero-order valence-electron chi connectivity index (χ0n) is 19.2. The quantitative estimate of drug-likeness (QED) is 0.465. The maximum atomic E-state index is 10.8. The Hall–Kier alpha value is -1.81. The van der Waals surface area contributed by atoms with E-state index in [4.69, 9.17) is 29.7 Å². The highest BCUT2D eigenvalue weighted by Crippen LogP contribution is 2.18. The van der Waals surface area contributed by atoms with Gasteiger partial charge in [0.25, 0.3) is 0 Å². The lowest BCUT2D eigenvalue weighted by molar-refractivity contribution is -0.835. The average Bonchev–Trinajstić information content (AvgIpc) is 2.48. The van der Waals surface area contributed by atoms with Gasteiger partial charge >= 0.3 is 16.3 Å². The minimum Gasteiger partial charge on any atom is -0.346 e. The van der Waals surface area contributed by atoms with Crippen LogP contribution in [-0.4, -0.2) is 30.9 Å². The molecule has 0 saturated carbocycles. The molecular weight excluding hydrogens is 274 g/mol. The van der Waals surface area contributed by atoms with Crippen LogP contribution in [0.3, 0.4) is 0 Å². The SMILES string of the molecule is [2H]C1([2H])N(c2cc(N)[n+](OS(=O)(=O)O)c(N)n2)C([2H])([2H])C([2H])([2H])C([2H])([2H])C1([2H])[2H]. The highest BCUT2D eigenvalue weighted by Gasteiger charge is 2.23. The number of anilines is 3. The normalized spacial score (nSPS) is 37.4. The van der Waals surface area contributed by atoms with Gasteiger partial charge in [0.05, 0.1) is 6.07 Å². The summed E-state index contributed by atoms with van der Waals surface area (Å²) < 4.78 is 113. The van der Waals surface area contributed by atoms with Gasteiger partial charge in [0.1, 0.15) is 0 Å². The van der Waals surface area contributed by atoms with Crippen molar-refractivity contribution in [3.05, 3.63) is 6.07 Å². The molecule has 9 nitrogen and oxygen atoms in total. The average molecular weight is 300 g/mol. The Morgan fingerprint density at radius 3 is 2.58 bits per heavy atom. The second-order valence-electron chi connectivity index (χ2n) is 3.13. The molecule has 10 heteroatoms. The van der Waals surface area contributed by atoms with E-state index in [-0.39, 0.29) is 9.63 Å². The summed E-state index contributed by atoms with van der Waals surface area (Å²) in [6.07, 6.45) is -10.9. The van der Waals surface area contributed by atoms with Gasteiger partial charge in [-0.25, -0.2) is 4.28 Å². The molecule has 2 rings (SSSR count). The fourth-order valence-electron chi connectivity index (χ4n) is 1.15. The second kappa shape index (κ2) is 5.05. The molecule has 1 aliphatic heterocycles. The molecular formula is C9H16N5O4S+. The molecule has 19 heavy (non-hydrogen) atoms. The second-order valence-corrected chi connectivity index (χ2v) is 4.13. The number of aromatic nitrogens is 2. The highest BCUT2D eigenvalue weighted by molar-refractivity contribution is 7.80. The monoisotopic (exact) mass is 300 g/mol. The van der Waals surface area contributed by atoms with Crippen molar-refractivity contribution in [2.45, 2.75) is 19.1 Å². The third kappa shape index (κ3) is 3.35. The highest BCUT2D eigenvalue weighted by atomic mass is 32.3. The molecule has 0 amide bonds. The van der Waals surface area contributed by atoms with Crippen LogP contribution in [0.4, 0.5) is 17.6 Å². The smallest absolute Gasteiger partial charge is 0.346 e. The summed E-state index contributed by atoms with van der Waals surface area (Å²) in [5.74, 6) is -2.63. The third-order valence-electron chi connectivity index (χ3n) is 1.81. The van der Waals surface area contributed by atoms with Crippen molar-refractivity contribution in [2.75, 3.05) is 29.4 Å². The lowest BCUT2D eigenvalue weighted by atomic mass is 10.1. The zero-order valence-corrected chi connectivity index (χ0v) is 9.97. The fourth-order valence-corrected chi connectivity index (χ4v) is 1.50. The van der Waals surface area contributed by atoms with Crippen LogP contribution < -0.4 is 25.4 Å². The number of rotatable bonds is 3. The minimum atomic E-state index is -5.13. The van der Waals surface area contributed by atoms with E-state index >= 15 is 0 Å². The molecule has 0 atom stereocenters. The van der Waals surface area contributed by atoms with Gasteiger partial charge in [0, 0.05) is 26.7 Å². The number of nitrogens with zero attached hydrogens (tertiary/aromatic N) is 3. The summed E-state index contributed by atoms with van der Waals surface area (Å²) in [5, 5.41) is 0. The molecule has 0 aliphatic carbocycles. The van der Waals surface area contributed by atoms with Crippen molar-refractivity contribution in [2.24, 2.45) is 0 Å². The molecule has 1 aromatic heterocycles. The minimum absolute atomic E-state index is 0.0798. The summed E-state index contributed by atoms with van der Waals surface area (Å²) in [4.78, 5) is 3.34. The van der Waals surface area contributed by atoms with E-state index in [1.807, 2.05) is 0 Å². The fraction of sp³-hybridized carbons (Fsp3) is 0.556. The van der Waals surface area contributed by atoms with Gasteiger partial charge in [-0.2, -0.15) is 8.42 Å². The van der Waals surface area contributed by atoms with Gasteiger partial charge in [-0.15, -0.1) is 0 Å². The van der Waals surface area contributed by atoms with Crippen molar-refractivity contribution in [3.63, 3.8) is 0 Å². The molecule has 2 heterocycles. The standard InChI is InChI=1S/C9H15N5O4S/c10-7-6-8(13-4-2-1-3-5-13)12-9(11)14(7)18-19(15,16)17/h6H,1-5H2,(H4,10,11,12,15,16,17)/p+1/i1D2,2D2,3D2,4D2,5D2. The number of hydrogen-bond donors (Lipinski definition) is 3. The van der Waals surface area contributed by atoms with E-state index in [0.29, 0.717) is 6.07 Å². The van der Waals surface area contributed by atoms with Crippen LogP contribution in [0.2, 0.25) is 0 Å². The van der Waals surface area contributed by atoms with E-state index in [1.54, 1.807) is 0 Å². The molecule has 1 aromatic rings. The zero-order chi connectivity index (χ0) is 23.0. The Balaban J connectivity index is 2.79. The Morgan fingerprint density at radius 2 is 2.05 bits per heavy atom. The van der Waals surface area contributed by atoms with E-state index in [2.05, 4.69) is 9.27 Å². The first-order valence-corrected chi connectivity index (χ1v) is 5.95. The molecule has 0 aromatic carbocycles. The maximum Gasteiger partial charge on any atom is 0.474 e. The molecule has 1 aliphatic rings. The predicted molar refractivity (Wildman–Crippen MR) is 67.4 cm³/mol. The number of nitrogens with two attached hydrogens (primary N) is 2. The number of piperidine rings is 1. The van der Waals surface area contributed by atoms with Crippen molar-refractivity contribution in [1.82, 2.24) is 4.98 Å². The van der Waals surface area contributed by atoms with Gasteiger partial charge in [-0.3, -0.25) is 4.55 Å². The lowest BCUT2D eigenvalue weighted by Crippen LogP contribution is -2.51. The lowest BCUT2D eigenvalue weighted by Gasteiger charge is -2.26. The van der Waals surface area contributed by atoms with E-state index in [9.17, 15) is 8.42 Å². The first kappa shape index (κ1) is 5.67. The van der Waals surface area contributed by atoms with Gasteiger partial charge < -0.3 is 16.4 Å². The van der Waals surface area contributed by atoms with Crippen LogP contribution in [0.25, 0.3) is 0 Å². The topological polar surface area (TPSA) is 136 Å². The van der Waals surface area contributed by atoms with E-state index in [1.165, 1.54) is 0 Å². The molecule has 1 saturated heterocycles. The van der Waals surface area contributed by atoms with Crippen LogP contribution in [0.1, 0.15) is 32.8 Å². The molecule has 106 valence electrons. The van der Waals surface area contributed by atoms with Crippen molar-refractivity contribution in [3.8, 4) is 0 Å². The summed E-state index contributed by atoms with van der Waals surface area (Å²) in [7, 11) is -5.13. The van der Waals surface area contributed by atoms with Crippen LogP contribution in [0.15, 0.2) is 6.07 Å². The number of hydrogen-bond acceptors (Lipinski definition) is 7. The largest absolute Gasteiger partial charge is 0.474 e. The molecule has 0 radical (unpaired) electrons. The molecule has 0 spiro atoms. The summed E-state index contributed by atoms with van der Waals surface area (Å²) >= 11 is 0. The van der Waals surface area contributed by atoms with Gasteiger partial charge in [-0.05, 0) is 23.8 Å². The number of nitrogen functional groups attached to an aromatic ring is 2. The van der Waals surface area contributed by atoms with Gasteiger partial charge in [0.15, 0.2) is 5.82 Å². The predicted octanol–water partition coefficient (Wildman–Crippen LogP) is -1.24. The van der Waals surface area contributed by atoms with E-state index in [0.717, 1.165) is 0 Å². The summed E-state index contributed by atoms with van der Waals surface area (Å²) in [5.41, 5.74) is 11.0. The molecule has 5 N–H and O–H groups in total. The van der Waals surface area contributed by atoms with Crippen molar-refractivity contribution in [1.29, 1.82) is 0 Å². The van der Waals surface area contributed by atoms with Crippen LogP contribution in [0, 0.1) is 0 Å². The van der Waals surface area contributed by atoms with Crippen molar-refractivity contribution >= 4 is 28.0 Å². The first-order chi connectivity index (χ1) is 12.6. The Kier molecular flexibility index (Phi) is 1.51. The van der Waals surface area contributed by atoms with Crippen molar-refractivity contribution < 1.29 is 35.7 Å². The third-order valence-corrected chi connectivity index (χ3v) is 2.14.